The summed E-state index contributed by atoms with van der Waals surface area (Å²) in [4.78, 5) is 38.7. The highest BCUT2D eigenvalue weighted by molar-refractivity contribution is 5.88. The highest BCUT2D eigenvalue weighted by Gasteiger charge is 2.31. The lowest BCUT2D eigenvalue weighted by atomic mass is 10.0. The third-order valence-electron chi connectivity index (χ3n) is 5.83. The minimum absolute atomic E-state index is 0.0240. The van der Waals surface area contributed by atoms with Crippen LogP contribution in [0.25, 0.3) is 0 Å². The summed E-state index contributed by atoms with van der Waals surface area (Å²) in [5.41, 5.74) is 0.832. The van der Waals surface area contributed by atoms with Crippen LogP contribution in [0.5, 0.6) is 11.5 Å². The molecular weight excluding hydrogens is 493 g/mol. The van der Waals surface area contributed by atoms with Gasteiger partial charge in [-0.05, 0) is 24.1 Å². The van der Waals surface area contributed by atoms with Crippen LogP contribution in [0.1, 0.15) is 24.5 Å². The van der Waals surface area contributed by atoms with Crippen molar-refractivity contribution >= 4 is 17.5 Å². The number of nitro benzene ring substituents is 1. The second kappa shape index (κ2) is 13.7. The summed E-state index contributed by atoms with van der Waals surface area (Å²) in [6.45, 7) is 1.70. The van der Waals surface area contributed by atoms with Gasteiger partial charge in [-0.25, -0.2) is 4.39 Å². The number of hydrogen-bond acceptors (Lipinski definition) is 6. The molecule has 200 valence electrons. The first-order chi connectivity index (χ1) is 18.3. The van der Waals surface area contributed by atoms with Crippen LogP contribution >= 0.6 is 0 Å². The molecule has 3 aromatic rings. The molecule has 0 saturated heterocycles. The lowest BCUT2D eigenvalue weighted by Crippen LogP contribution is -2.51. The number of methoxy groups -OCH3 is 1. The van der Waals surface area contributed by atoms with E-state index in [0.29, 0.717) is 13.0 Å². The molecule has 3 aromatic carbocycles. The molecule has 0 radical (unpaired) electrons. The topological polar surface area (TPSA) is 111 Å². The Labute approximate surface area is 220 Å². The molecule has 0 spiro atoms. The number of carbonyl (C=O) groups excluding carboxylic acids is 2. The molecule has 0 aliphatic rings. The highest BCUT2D eigenvalue weighted by Crippen LogP contribution is 2.31. The first-order valence-corrected chi connectivity index (χ1v) is 12.1. The van der Waals surface area contributed by atoms with Crippen LogP contribution < -0.4 is 14.8 Å². The second-order valence-corrected chi connectivity index (χ2v) is 8.49. The number of benzene rings is 3. The molecule has 1 N–H and O–H groups in total. The molecule has 0 aliphatic carbocycles. The number of ether oxygens (including phenoxy) is 2. The van der Waals surface area contributed by atoms with Gasteiger partial charge in [0.15, 0.2) is 6.61 Å². The van der Waals surface area contributed by atoms with Gasteiger partial charge in [0.25, 0.3) is 5.91 Å². The Bertz CT molecular complexity index is 1250. The van der Waals surface area contributed by atoms with Crippen molar-refractivity contribution in [2.24, 2.45) is 0 Å². The van der Waals surface area contributed by atoms with Crippen molar-refractivity contribution in [1.82, 2.24) is 10.2 Å². The number of hydrogen-bond donors (Lipinski definition) is 1. The van der Waals surface area contributed by atoms with Crippen LogP contribution in [0.2, 0.25) is 0 Å². The van der Waals surface area contributed by atoms with Crippen molar-refractivity contribution in [3.63, 3.8) is 0 Å². The molecule has 2 amide bonds. The molecule has 0 aliphatic heterocycles. The minimum atomic E-state index is -0.939. The maximum Gasteiger partial charge on any atom is 0.311 e. The van der Waals surface area contributed by atoms with Crippen LogP contribution in [0.4, 0.5) is 10.1 Å². The van der Waals surface area contributed by atoms with E-state index < -0.39 is 29.3 Å². The fourth-order valence-corrected chi connectivity index (χ4v) is 3.86. The summed E-state index contributed by atoms with van der Waals surface area (Å²) >= 11 is 0. The summed E-state index contributed by atoms with van der Waals surface area (Å²) in [7, 11) is 1.29. The molecule has 9 nitrogen and oxygen atoms in total. The van der Waals surface area contributed by atoms with E-state index >= 15 is 0 Å². The van der Waals surface area contributed by atoms with Crippen molar-refractivity contribution in [2.45, 2.75) is 32.4 Å². The second-order valence-electron chi connectivity index (χ2n) is 8.49. The van der Waals surface area contributed by atoms with Crippen LogP contribution in [0.15, 0.2) is 72.8 Å². The fourth-order valence-electron chi connectivity index (χ4n) is 3.86. The van der Waals surface area contributed by atoms with E-state index in [0.717, 1.165) is 5.56 Å². The van der Waals surface area contributed by atoms with Gasteiger partial charge < -0.3 is 19.7 Å². The molecular formula is C28H30FN3O6. The summed E-state index contributed by atoms with van der Waals surface area (Å²) in [6, 6.07) is 18.2. The lowest BCUT2D eigenvalue weighted by Gasteiger charge is -2.31. The normalized spacial score (nSPS) is 11.3. The van der Waals surface area contributed by atoms with Crippen LogP contribution in [0, 0.1) is 15.9 Å². The van der Waals surface area contributed by atoms with E-state index in [1.807, 2.05) is 37.3 Å². The molecule has 1 atom stereocenters. The molecule has 38 heavy (non-hydrogen) atoms. The Hall–Kier alpha value is -4.47. The first-order valence-electron chi connectivity index (χ1n) is 12.1. The maximum absolute atomic E-state index is 14.6. The largest absolute Gasteiger partial charge is 0.490 e. The maximum atomic E-state index is 14.6. The zero-order valence-electron chi connectivity index (χ0n) is 21.3. The highest BCUT2D eigenvalue weighted by atomic mass is 19.1. The Morgan fingerprint density at radius 2 is 1.79 bits per heavy atom. The zero-order valence-corrected chi connectivity index (χ0v) is 21.3. The molecule has 0 heterocycles. The molecule has 0 bridgehead atoms. The average Bonchev–Trinajstić information content (AvgIpc) is 2.93. The monoisotopic (exact) mass is 523 g/mol. The van der Waals surface area contributed by atoms with Gasteiger partial charge >= 0.3 is 5.69 Å². The van der Waals surface area contributed by atoms with E-state index in [4.69, 9.17) is 9.47 Å². The zero-order chi connectivity index (χ0) is 27.5. The molecule has 3 rings (SSSR count). The van der Waals surface area contributed by atoms with Gasteiger partial charge in [-0.1, -0.05) is 55.5 Å². The average molecular weight is 524 g/mol. The minimum Gasteiger partial charge on any atom is -0.490 e. The first kappa shape index (κ1) is 28.1. The predicted molar refractivity (Wildman–Crippen MR) is 139 cm³/mol. The standard InChI is InChI=1S/C28H30FN3O6/c1-3-15-30-28(34)25(16-20-9-5-4-6-10-20)31(18-21-11-7-8-12-23(21)29)27(33)19-38-22-13-14-24(32(35)36)26(17-22)37-2/h4-14,17,25H,3,15-16,18-19H2,1-2H3,(H,30,34)/t25-/m0/s1. The molecule has 0 fully saturated rings. The van der Waals surface area contributed by atoms with Crippen LogP contribution in [-0.4, -0.2) is 47.9 Å². The van der Waals surface area contributed by atoms with Crippen molar-refractivity contribution < 1.29 is 28.4 Å². The van der Waals surface area contributed by atoms with Crippen LogP contribution in [-0.2, 0) is 22.6 Å². The number of carbonyl (C=O) groups is 2. The third kappa shape index (κ3) is 7.52. The van der Waals surface area contributed by atoms with Gasteiger partial charge in [0.1, 0.15) is 17.6 Å². The number of amides is 2. The number of rotatable bonds is 13. The smallest absolute Gasteiger partial charge is 0.311 e. The lowest BCUT2D eigenvalue weighted by molar-refractivity contribution is -0.385. The van der Waals surface area contributed by atoms with Gasteiger partial charge in [-0.3, -0.25) is 19.7 Å². The van der Waals surface area contributed by atoms with E-state index in [2.05, 4.69) is 5.32 Å². The molecule has 10 heteroatoms. The number of nitrogens with zero attached hydrogens (tertiary/aromatic N) is 2. The Balaban J connectivity index is 1.91. The molecule has 0 saturated carbocycles. The van der Waals surface area contributed by atoms with Gasteiger partial charge in [0.05, 0.1) is 12.0 Å². The van der Waals surface area contributed by atoms with Gasteiger partial charge in [-0.2, -0.15) is 0 Å². The van der Waals surface area contributed by atoms with E-state index in [-0.39, 0.29) is 41.6 Å². The third-order valence-corrected chi connectivity index (χ3v) is 5.83. The molecule has 0 aromatic heterocycles. The van der Waals surface area contributed by atoms with Crippen molar-refractivity contribution in [3.8, 4) is 11.5 Å². The number of nitro groups is 1. The van der Waals surface area contributed by atoms with Crippen LogP contribution in [0.3, 0.4) is 0 Å². The van der Waals surface area contributed by atoms with E-state index in [1.54, 1.807) is 18.2 Å². The van der Waals surface area contributed by atoms with E-state index in [9.17, 15) is 24.1 Å². The van der Waals surface area contributed by atoms with Gasteiger partial charge in [-0.15, -0.1) is 0 Å². The summed E-state index contributed by atoms with van der Waals surface area (Å²) in [5, 5.41) is 14.0. The van der Waals surface area contributed by atoms with Crippen molar-refractivity contribution in [1.29, 1.82) is 0 Å². The Kier molecular flexibility index (Phi) is 10.2. The Morgan fingerprint density at radius 1 is 1.08 bits per heavy atom. The predicted octanol–water partition coefficient (Wildman–Crippen LogP) is 4.29. The summed E-state index contributed by atoms with van der Waals surface area (Å²) in [5.74, 6) is -1.28. The number of halogens is 1. The fraction of sp³-hybridized carbons (Fsp3) is 0.286. The Morgan fingerprint density at radius 3 is 2.45 bits per heavy atom. The SMILES string of the molecule is CCCNC(=O)[C@H](Cc1ccccc1)N(Cc1ccccc1F)C(=O)COc1ccc([N+](=O)[O-])c(OC)c1. The molecule has 0 unspecified atom stereocenters. The van der Waals surface area contributed by atoms with Crippen molar-refractivity contribution in [3.05, 3.63) is 99.9 Å². The van der Waals surface area contributed by atoms with Gasteiger partial charge in [0.2, 0.25) is 11.7 Å². The van der Waals surface area contributed by atoms with E-state index in [1.165, 1.54) is 36.3 Å². The number of nitrogens with one attached hydrogen (secondary N) is 1. The summed E-state index contributed by atoms with van der Waals surface area (Å²) < 4.78 is 25.3. The summed E-state index contributed by atoms with van der Waals surface area (Å²) in [6.07, 6.45) is 0.915. The van der Waals surface area contributed by atoms with Crippen molar-refractivity contribution in [2.75, 3.05) is 20.3 Å². The quantitative estimate of drug-likeness (QED) is 0.264. The van der Waals surface area contributed by atoms with Gasteiger partial charge in [0, 0.05) is 37.2 Å².